The third kappa shape index (κ3) is 4.45. The molecule has 1 N–H and O–H groups in total. The van der Waals surface area contributed by atoms with Crippen LogP contribution in [0.1, 0.15) is 24.1 Å². The highest BCUT2D eigenvalue weighted by atomic mass is 35.5. The van der Waals surface area contributed by atoms with Gasteiger partial charge in [-0.3, -0.25) is 9.88 Å². The Hall–Kier alpha value is -1.13. The van der Waals surface area contributed by atoms with Crippen molar-refractivity contribution in [2.45, 2.75) is 31.4 Å². The fourth-order valence-corrected chi connectivity index (χ4v) is 3.49. The zero-order valence-electron chi connectivity index (χ0n) is 12.9. The van der Waals surface area contributed by atoms with Gasteiger partial charge in [0, 0.05) is 32.3 Å². The van der Waals surface area contributed by atoms with Gasteiger partial charge < -0.3 is 5.11 Å². The van der Waals surface area contributed by atoms with Crippen LogP contribution in [0.3, 0.4) is 0 Å². The molecule has 0 saturated carbocycles. The maximum atomic E-state index is 10.8. The van der Waals surface area contributed by atoms with Gasteiger partial charge in [-0.15, -0.1) is 0 Å². The van der Waals surface area contributed by atoms with Gasteiger partial charge in [-0.1, -0.05) is 53.5 Å². The number of benzene rings is 1. The first-order chi connectivity index (χ1) is 11.0. The van der Waals surface area contributed by atoms with E-state index in [1.807, 2.05) is 18.2 Å². The lowest BCUT2D eigenvalue weighted by molar-refractivity contribution is -0.0226. The van der Waals surface area contributed by atoms with Crippen molar-refractivity contribution >= 4 is 23.2 Å². The molecule has 3 rings (SSSR count). The molecule has 23 heavy (non-hydrogen) atoms. The standard InChI is InChI=1S/C18H20Cl2N2O/c19-15-10-16(20)17(21-12-15)13-22-8-6-18(23,7-9-22)11-14-4-2-1-3-5-14/h1-5,10,12,23H,6-9,11,13H2. The number of halogens is 2. The van der Waals surface area contributed by atoms with E-state index in [-0.39, 0.29) is 0 Å². The molecule has 1 aliphatic rings. The van der Waals surface area contributed by atoms with Crippen molar-refractivity contribution in [2.24, 2.45) is 0 Å². The molecule has 1 aromatic heterocycles. The number of aliphatic hydroxyl groups is 1. The molecule has 0 aliphatic carbocycles. The summed E-state index contributed by atoms with van der Waals surface area (Å²) in [6.07, 6.45) is 3.85. The molecule has 1 fully saturated rings. The minimum atomic E-state index is -0.616. The van der Waals surface area contributed by atoms with Gasteiger partial charge >= 0.3 is 0 Å². The number of piperidine rings is 1. The van der Waals surface area contributed by atoms with E-state index in [1.165, 1.54) is 5.56 Å². The van der Waals surface area contributed by atoms with E-state index in [9.17, 15) is 5.11 Å². The van der Waals surface area contributed by atoms with Gasteiger partial charge in [0.2, 0.25) is 0 Å². The van der Waals surface area contributed by atoms with Gasteiger partial charge in [0.15, 0.2) is 0 Å². The van der Waals surface area contributed by atoms with E-state index in [0.29, 0.717) is 23.0 Å². The summed E-state index contributed by atoms with van der Waals surface area (Å²) < 4.78 is 0. The van der Waals surface area contributed by atoms with Gasteiger partial charge in [0.1, 0.15) is 0 Å². The van der Waals surface area contributed by atoms with Crippen LogP contribution >= 0.6 is 23.2 Å². The minimum absolute atomic E-state index is 0.551. The summed E-state index contributed by atoms with van der Waals surface area (Å²) in [7, 11) is 0. The Morgan fingerprint density at radius 3 is 2.48 bits per heavy atom. The average molecular weight is 351 g/mol. The average Bonchev–Trinajstić information content (AvgIpc) is 2.53. The number of rotatable bonds is 4. The summed E-state index contributed by atoms with van der Waals surface area (Å²) >= 11 is 12.1. The zero-order valence-corrected chi connectivity index (χ0v) is 14.4. The van der Waals surface area contributed by atoms with Crippen LogP contribution < -0.4 is 0 Å². The van der Waals surface area contributed by atoms with Crippen LogP contribution in [-0.2, 0) is 13.0 Å². The normalized spacial score (nSPS) is 18.0. The second kappa shape index (κ2) is 7.18. The number of aromatic nitrogens is 1. The van der Waals surface area contributed by atoms with E-state index in [4.69, 9.17) is 23.2 Å². The molecule has 0 bridgehead atoms. The van der Waals surface area contributed by atoms with Crippen molar-refractivity contribution in [2.75, 3.05) is 13.1 Å². The lowest BCUT2D eigenvalue weighted by atomic mass is 9.85. The Kier molecular flexibility index (Phi) is 5.22. The number of hydrogen-bond donors (Lipinski definition) is 1. The highest BCUT2D eigenvalue weighted by Crippen LogP contribution is 2.28. The molecule has 1 saturated heterocycles. The molecule has 0 spiro atoms. The minimum Gasteiger partial charge on any atom is -0.389 e. The molecule has 2 heterocycles. The lowest BCUT2D eigenvalue weighted by Crippen LogP contribution is -2.45. The summed E-state index contributed by atoms with van der Waals surface area (Å²) in [6.45, 7) is 2.37. The van der Waals surface area contributed by atoms with Gasteiger partial charge in [-0.25, -0.2) is 0 Å². The van der Waals surface area contributed by atoms with Crippen molar-refractivity contribution in [3.05, 3.63) is 63.9 Å². The monoisotopic (exact) mass is 350 g/mol. The summed E-state index contributed by atoms with van der Waals surface area (Å²) in [5.41, 5.74) is 1.41. The van der Waals surface area contributed by atoms with Crippen LogP contribution in [0.15, 0.2) is 42.6 Å². The highest BCUT2D eigenvalue weighted by molar-refractivity contribution is 6.34. The van der Waals surface area contributed by atoms with Crippen LogP contribution in [0.5, 0.6) is 0 Å². The molecule has 0 atom stereocenters. The van der Waals surface area contributed by atoms with E-state index < -0.39 is 5.60 Å². The topological polar surface area (TPSA) is 36.4 Å². The number of nitrogens with zero attached hydrogens (tertiary/aromatic N) is 2. The molecule has 1 aromatic carbocycles. The molecular weight excluding hydrogens is 331 g/mol. The molecule has 2 aromatic rings. The fraction of sp³-hybridized carbons (Fsp3) is 0.389. The van der Waals surface area contributed by atoms with Crippen LogP contribution in [-0.4, -0.2) is 33.7 Å². The van der Waals surface area contributed by atoms with Crippen LogP contribution in [0, 0.1) is 0 Å². The van der Waals surface area contributed by atoms with Crippen molar-refractivity contribution < 1.29 is 5.11 Å². The molecule has 0 unspecified atom stereocenters. The second-order valence-electron chi connectivity index (χ2n) is 6.24. The van der Waals surface area contributed by atoms with Crippen LogP contribution in [0.4, 0.5) is 0 Å². The predicted octanol–water partition coefficient (Wildman–Crippen LogP) is 3.96. The van der Waals surface area contributed by atoms with Gasteiger partial charge in [0.25, 0.3) is 0 Å². The summed E-state index contributed by atoms with van der Waals surface area (Å²) in [5, 5.41) is 12.0. The highest BCUT2D eigenvalue weighted by Gasteiger charge is 2.32. The molecule has 0 amide bonds. The summed E-state index contributed by atoms with van der Waals surface area (Å²) in [6, 6.07) is 11.9. The van der Waals surface area contributed by atoms with Crippen molar-refractivity contribution in [1.29, 1.82) is 0 Å². The molecule has 122 valence electrons. The third-order valence-electron chi connectivity index (χ3n) is 4.42. The smallest absolute Gasteiger partial charge is 0.0730 e. The van der Waals surface area contributed by atoms with E-state index in [0.717, 1.165) is 31.6 Å². The molecule has 3 nitrogen and oxygen atoms in total. The zero-order chi connectivity index (χ0) is 16.3. The van der Waals surface area contributed by atoms with E-state index >= 15 is 0 Å². The van der Waals surface area contributed by atoms with Gasteiger partial charge in [-0.05, 0) is 24.5 Å². The predicted molar refractivity (Wildman–Crippen MR) is 93.9 cm³/mol. The quantitative estimate of drug-likeness (QED) is 0.906. The first-order valence-electron chi connectivity index (χ1n) is 7.83. The van der Waals surface area contributed by atoms with Crippen LogP contribution in [0.2, 0.25) is 10.0 Å². The molecule has 0 radical (unpaired) electrons. The summed E-state index contributed by atoms with van der Waals surface area (Å²) in [5.74, 6) is 0. The Balaban J connectivity index is 1.57. The Morgan fingerprint density at radius 2 is 1.83 bits per heavy atom. The fourth-order valence-electron chi connectivity index (χ4n) is 3.05. The van der Waals surface area contributed by atoms with Crippen molar-refractivity contribution in [3.63, 3.8) is 0 Å². The van der Waals surface area contributed by atoms with Gasteiger partial charge in [0.05, 0.1) is 21.3 Å². The largest absolute Gasteiger partial charge is 0.389 e. The van der Waals surface area contributed by atoms with E-state index in [2.05, 4.69) is 22.0 Å². The molecular formula is C18H20Cl2N2O. The first kappa shape index (κ1) is 16.7. The van der Waals surface area contributed by atoms with Crippen LogP contribution in [0.25, 0.3) is 0 Å². The molecule has 5 heteroatoms. The Morgan fingerprint density at radius 1 is 1.13 bits per heavy atom. The first-order valence-corrected chi connectivity index (χ1v) is 8.58. The maximum Gasteiger partial charge on any atom is 0.0730 e. The van der Waals surface area contributed by atoms with Crippen molar-refractivity contribution in [1.82, 2.24) is 9.88 Å². The Bertz CT molecular complexity index is 655. The third-order valence-corrected chi connectivity index (χ3v) is 4.95. The molecule has 1 aliphatic heterocycles. The maximum absolute atomic E-state index is 10.8. The number of pyridine rings is 1. The van der Waals surface area contributed by atoms with Crippen molar-refractivity contribution in [3.8, 4) is 0 Å². The van der Waals surface area contributed by atoms with Gasteiger partial charge in [-0.2, -0.15) is 0 Å². The summed E-state index contributed by atoms with van der Waals surface area (Å²) in [4.78, 5) is 6.59. The number of likely N-dealkylation sites (tertiary alicyclic amines) is 1. The van der Waals surface area contributed by atoms with E-state index in [1.54, 1.807) is 12.3 Å². The second-order valence-corrected chi connectivity index (χ2v) is 7.09. The Labute approximate surface area is 146 Å². The lowest BCUT2D eigenvalue weighted by Gasteiger charge is -2.38. The number of hydrogen-bond acceptors (Lipinski definition) is 3. The SMILES string of the molecule is OC1(Cc2ccccc2)CCN(Cc2ncc(Cl)cc2Cl)CC1.